The van der Waals surface area contributed by atoms with Gasteiger partial charge in [-0.15, -0.1) is 0 Å². The molecule has 1 amide bonds. The Morgan fingerprint density at radius 2 is 1.83 bits per heavy atom. The van der Waals surface area contributed by atoms with Crippen molar-refractivity contribution in [3.05, 3.63) is 106 Å². The van der Waals surface area contributed by atoms with E-state index in [1.54, 1.807) is 13.0 Å². The Balaban J connectivity index is 1.03. The number of carbonyl (C=O) groups excluding carboxylic acids is 1. The highest BCUT2D eigenvalue weighted by Crippen LogP contribution is 2.67. The lowest BCUT2D eigenvalue weighted by atomic mass is 9.41. The Kier molecular flexibility index (Phi) is 11.4. The number of hydrogen-bond donors (Lipinski definition) is 10. The van der Waals surface area contributed by atoms with Crippen LogP contribution in [0.2, 0.25) is 0 Å². The molecule has 6 aromatic rings. The number of H-pyrrole nitrogens is 1. The van der Waals surface area contributed by atoms with Crippen LogP contribution in [0.4, 0.5) is 0 Å². The average molecular weight is 987 g/mol. The average Bonchev–Trinajstić information content (AvgIpc) is 4.10. The third kappa shape index (κ3) is 7.10. The monoisotopic (exact) mass is 986 g/mol. The Labute approximate surface area is 413 Å². The molecule has 6 aliphatic rings. The third-order valence-corrected chi connectivity index (χ3v) is 17.8. The summed E-state index contributed by atoms with van der Waals surface area (Å²) in [5.74, 6) is 0.654. The first-order valence-corrected chi connectivity index (χ1v) is 25.4. The van der Waals surface area contributed by atoms with E-state index in [1.807, 2.05) is 18.5 Å². The van der Waals surface area contributed by atoms with Gasteiger partial charge in [0.05, 0.1) is 17.5 Å². The molecule has 10 N–H and O–H groups in total. The molecule has 2 saturated carbocycles. The van der Waals surface area contributed by atoms with Crippen molar-refractivity contribution in [2.45, 2.75) is 106 Å². The summed E-state index contributed by atoms with van der Waals surface area (Å²) in [7, 11) is 0. The molecule has 0 radical (unpaired) electrons. The van der Waals surface area contributed by atoms with Gasteiger partial charge in [0.1, 0.15) is 65.2 Å². The number of carbonyl (C=O) groups is 1. The quantitative estimate of drug-likeness (QED) is 0.0441. The van der Waals surface area contributed by atoms with Gasteiger partial charge < -0.3 is 65.1 Å². The first-order chi connectivity index (χ1) is 34.7. The number of rotatable bonds is 13. The van der Waals surface area contributed by atoms with Crippen molar-refractivity contribution in [2.24, 2.45) is 35.5 Å². The van der Waals surface area contributed by atoms with Crippen molar-refractivity contribution in [3.63, 3.8) is 0 Å². The number of aliphatic hydroxyl groups is 5. The molecule has 3 aromatic carbocycles. The van der Waals surface area contributed by atoms with Gasteiger partial charge in [-0.05, 0) is 117 Å². The fourth-order valence-electron chi connectivity index (χ4n) is 14.6. The summed E-state index contributed by atoms with van der Waals surface area (Å²) < 4.78 is 16.7. The normalized spacial score (nSPS) is 30.5. The van der Waals surface area contributed by atoms with E-state index in [0.717, 1.165) is 48.8 Å². The number of aromatic nitrogens is 2. The predicted octanol–water partition coefficient (Wildman–Crippen LogP) is 4.26. The summed E-state index contributed by atoms with van der Waals surface area (Å²) in [4.78, 5) is 43.8. The van der Waals surface area contributed by atoms with Gasteiger partial charge in [0.2, 0.25) is 5.91 Å². The topological polar surface area (TPSA) is 261 Å². The number of aromatic amines is 1. The Morgan fingerprint density at radius 1 is 0.986 bits per heavy atom. The number of piperidine rings is 1. The molecule has 13 atom stereocenters. The van der Waals surface area contributed by atoms with Gasteiger partial charge >= 0.3 is 0 Å². The van der Waals surface area contributed by atoms with E-state index < -0.39 is 60.8 Å². The molecule has 4 fully saturated rings. The maximum absolute atomic E-state index is 14.1. The Hall–Kier alpha value is -5.76. The van der Waals surface area contributed by atoms with Crippen molar-refractivity contribution in [1.82, 2.24) is 20.2 Å². The van der Waals surface area contributed by atoms with Gasteiger partial charge in [0.15, 0.2) is 16.8 Å². The highest BCUT2D eigenvalue weighted by Gasteiger charge is 2.73. The van der Waals surface area contributed by atoms with Crippen LogP contribution in [-0.4, -0.2) is 119 Å². The number of nitrogens with zero attached hydrogens (tertiary/aromatic N) is 1. The number of benzene rings is 3. The molecule has 12 rings (SSSR count). The van der Waals surface area contributed by atoms with Gasteiger partial charge in [-0.3, -0.25) is 9.59 Å². The molecule has 17 nitrogen and oxygen atoms in total. The first-order valence-electron chi connectivity index (χ1n) is 25.4. The number of phenolic OH excluding ortho intramolecular Hbond substituents is 2. The number of amides is 1. The lowest BCUT2D eigenvalue weighted by molar-refractivity contribution is -0.388. The molecule has 72 heavy (non-hydrogen) atoms. The molecule has 6 heterocycles. The van der Waals surface area contributed by atoms with Crippen molar-refractivity contribution in [2.75, 3.05) is 26.3 Å². The molecule has 13 unspecified atom stereocenters. The molecule has 3 bridgehead atoms. The lowest BCUT2D eigenvalue weighted by Gasteiger charge is -2.70. The van der Waals surface area contributed by atoms with Crippen LogP contribution in [0.5, 0.6) is 17.2 Å². The van der Waals surface area contributed by atoms with Gasteiger partial charge in [0.25, 0.3) is 0 Å². The molecular weight excluding hydrogens is 925 g/mol. The zero-order chi connectivity index (χ0) is 50.0. The number of aromatic hydroxyl groups is 2. The molecule has 380 valence electrons. The van der Waals surface area contributed by atoms with Crippen molar-refractivity contribution in [3.8, 4) is 22.9 Å². The van der Waals surface area contributed by atoms with Crippen LogP contribution in [0.3, 0.4) is 0 Å². The van der Waals surface area contributed by atoms with Gasteiger partial charge in [-0.1, -0.05) is 25.1 Å². The SMILES string of the molecule is CCc1c2cc[nH]c2cn1-c1c2c(cc3c(=O)cc(C)oc13)CC(OOCC(O)(Cc1ccc(O)c3ccc(O)cc13)C(O)C(O)C(O)CO)C1(O2)C2C=CC34NCCCC3CC(CC41)C2C1CNC(=O)C1. The second kappa shape index (κ2) is 17.4. The maximum atomic E-state index is 14.1. The lowest BCUT2D eigenvalue weighted by Crippen LogP contribution is -2.79. The molecular formula is C55H62N4O13. The summed E-state index contributed by atoms with van der Waals surface area (Å²) in [6.07, 6.45) is 6.01. The van der Waals surface area contributed by atoms with Crippen LogP contribution >= 0.6 is 0 Å². The molecule has 17 heteroatoms. The minimum absolute atomic E-state index is 0.00373. The summed E-state index contributed by atoms with van der Waals surface area (Å²) in [6.45, 7) is 3.44. The van der Waals surface area contributed by atoms with E-state index in [2.05, 4.69) is 39.3 Å². The Morgan fingerprint density at radius 3 is 2.62 bits per heavy atom. The predicted molar refractivity (Wildman–Crippen MR) is 264 cm³/mol. The van der Waals surface area contributed by atoms with Gasteiger partial charge in [-0.2, -0.15) is 0 Å². The largest absolute Gasteiger partial charge is 0.508 e. The smallest absolute Gasteiger partial charge is 0.220 e. The second-order valence-electron chi connectivity index (χ2n) is 21.6. The number of aryl methyl sites for hydroxylation is 2. The van der Waals surface area contributed by atoms with Gasteiger partial charge in [-0.25, -0.2) is 9.78 Å². The number of hydrogen-bond acceptors (Lipinski definition) is 14. The fraction of sp³-hybridized carbons (Fsp3) is 0.491. The van der Waals surface area contributed by atoms with Crippen molar-refractivity contribution in [1.29, 1.82) is 0 Å². The Bertz CT molecular complexity index is 3220. The summed E-state index contributed by atoms with van der Waals surface area (Å²) >= 11 is 0. The van der Waals surface area contributed by atoms with Crippen LogP contribution < -0.4 is 20.8 Å². The number of aliphatic hydroxyl groups excluding tert-OH is 4. The van der Waals surface area contributed by atoms with E-state index in [-0.39, 0.29) is 64.8 Å². The zero-order valence-electron chi connectivity index (χ0n) is 40.2. The minimum Gasteiger partial charge on any atom is -0.508 e. The molecule has 2 spiro atoms. The van der Waals surface area contributed by atoms with E-state index in [0.29, 0.717) is 69.5 Å². The molecule has 2 saturated heterocycles. The van der Waals surface area contributed by atoms with E-state index in [9.17, 15) is 45.3 Å². The number of nitrogens with one attached hydrogen (secondary N) is 3. The van der Waals surface area contributed by atoms with Crippen molar-refractivity contribution >= 4 is 38.6 Å². The molecule has 3 aliphatic carbocycles. The molecule has 3 aliphatic heterocycles. The van der Waals surface area contributed by atoms with E-state index in [1.165, 1.54) is 36.4 Å². The standard InChI is InChI=1S/C55H62N4O13/c1-3-40-35-11-14-56-39(35)24-59(40)48-50-30(17-37-42(63)15-27(2)70-51(37)48)19-45(55(71-50)38-10-12-54-32(5-4-13-58-54)16-29(18-44(54)55)47(38)31-20-46(65)57-23-31)72-69-26-53(68,52(67)49(66)43(64)25-60)22-28-6-9-41(62)34-8-7-33(61)21-36(28)34/h6-12,14-15,17,21,24,29,31-32,38,43-45,47,49,52,56,58,60-62,64,66-68H,3-5,13,16,18-20,22-23,25-26H2,1-2H3,(H,57,65). The number of fused-ring (bicyclic) bond motifs is 5. The highest BCUT2D eigenvalue weighted by molar-refractivity contribution is 5.93. The van der Waals surface area contributed by atoms with Crippen LogP contribution in [0.25, 0.3) is 38.3 Å². The number of phenols is 2. The number of ether oxygens (including phenoxy) is 1. The fourth-order valence-corrected chi connectivity index (χ4v) is 14.6. The van der Waals surface area contributed by atoms with Crippen LogP contribution in [0, 0.1) is 42.4 Å². The minimum atomic E-state index is -2.44. The summed E-state index contributed by atoms with van der Waals surface area (Å²) in [5, 5.41) is 86.7. The van der Waals surface area contributed by atoms with Gasteiger partial charge in [0, 0.05) is 83.7 Å². The highest BCUT2D eigenvalue weighted by atomic mass is 17.2. The summed E-state index contributed by atoms with van der Waals surface area (Å²) in [6, 6.07) is 12.6. The second-order valence-corrected chi connectivity index (χ2v) is 21.6. The zero-order valence-corrected chi connectivity index (χ0v) is 40.2. The van der Waals surface area contributed by atoms with Crippen LogP contribution in [0.15, 0.2) is 82.3 Å². The van der Waals surface area contributed by atoms with Crippen molar-refractivity contribution < 1.29 is 59.5 Å². The summed E-state index contributed by atoms with van der Waals surface area (Å²) in [5.41, 5.74) is -0.561. The van der Waals surface area contributed by atoms with Crippen LogP contribution in [-0.2, 0) is 33.8 Å². The first kappa shape index (κ1) is 47.3. The molecule has 3 aromatic heterocycles. The van der Waals surface area contributed by atoms with E-state index in [4.69, 9.17) is 18.9 Å². The van der Waals surface area contributed by atoms with Crippen LogP contribution in [0.1, 0.15) is 61.6 Å². The van der Waals surface area contributed by atoms with E-state index >= 15 is 0 Å². The maximum Gasteiger partial charge on any atom is 0.220 e. The third-order valence-electron chi connectivity index (χ3n) is 17.8.